The van der Waals surface area contributed by atoms with E-state index in [4.69, 9.17) is 38.8 Å². The van der Waals surface area contributed by atoms with Crippen LogP contribution in [0.5, 0.6) is 5.75 Å². The van der Waals surface area contributed by atoms with Crippen molar-refractivity contribution >= 4 is 11.0 Å². The first kappa shape index (κ1) is 24.2. The van der Waals surface area contributed by atoms with Crippen molar-refractivity contribution in [2.24, 2.45) is 0 Å². The number of hydrogen-bond donors (Lipinski definition) is 1. The zero-order valence-electron chi connectivity index (χ0n) is 54.8. The van der Waals surface area contributed by atoms with E-state index in [9.17, 15) is 5.11 Å². The van der Waals surface area contributed by atoms with Crippen molar-refractivity contribution in [3.8, 4) is 67.5 Å². The van der Waals surface area contributed by atoms with E-state index < -0.39 is 92.5 Å². The standard InChI is InChI=1S/C56H56N3O.Pt/c1-35-20-22-38(23-21-35)40-26-27-57-48(32-40)42-29-41(30-43(31-42)54(3,4)5)45-18-15-19-50-51(45)58-53(46-33-44(55(6,7)8)34-47(52(46)60)56(9,10)11)59(50)49-25-24-39(28-36(49)2)37-16-13-12-14-17-37;/h12-28,30-34,60H,1-11H3;/q-1;/i2D3,6D3,7D3,8D3,9D3,10D3,11D3;. The minimum absolute atomic E-state index is 0. The van der Waals surface area contributed by atoms with Gasteiger partial charge in [0.1, 0.15) is 11.6 Å². The predicted octanol–water partition coefficient (Wildman–Crippen LogP) is 14.8. The predicted molar refractivity (Wildman–Crippen MR) is 252 cm³/mol. The number of para-hydroxylation sites is 1. The third kappa shape index (κ3) is 8.66. The molecule has 8 aromatic rings. The molecule has 1 N–H and O–H groups in total. The van der Waals surface area contributed by atoms with Crippen molar-refractivity contribution in [1.29, 1.82) is 0 Å². The van der Waals surface area contributed by atoms with Crippen LogP contribution in [0.2, 0.25) is 0 Å². The molecule has 61 heavy (non-hydrogen) atoms. The topological polar surface area (TPSA) is 50.9 Å². The van der Waals surface area contributed by atoms with Crippen LogP contribution in [-0.2, 0) is 37.3 Å². The van der Waals surface area contributed by atoms with Crippen molar-refractivity contribution in [3.63, 3.8) is 0 Å². The third-order valence-electron chi connectivity index (χ3n) is 10.7. The number of fused-ring (bicyclic) bond motifs is 1. The van der Waals surface area contributed by atoms with Crippen LogP contribution in [0.4, 0.5) is 0 Å². The van der Waals surface area contributed by atoms with E-state index in [1.807, 2.05) is 76.2 Å². The fraction of sp³-hybridized carbons (Fsp3) is 0.250. The van der Waals surface area contributed by atoms with Crippen LogP contribution in [0.25, 0.3) is 72.7 Å². The fourth-order valence-corrected chi connectivity index (χ4v) is 7.38. The molecular formula is C56H56N3OPt-. The summed E-state index contributed by atoms with van der Waals surface area (Å²) in [6, 6.07) is 37.5. The van der Waals surface area contributed by atoms with Gasteiger partial charge in [-0.3, -0.25) is 9.55 Å². The average Bonchev–Trinajstić information content (AvgIpc) is 3.61. The molecule has 0 spiro atoms. The Labute approximate surface area is 406 Å². The van der Waals surface area contributed by atoms with Crippen LogP contribution in [0, 0.1) is 19.8 Å². The SMILES string of the molecule is [2H]C([2H])([2H])c1cc(-c2ccccc2)ccc1-n1c(-c2cc(C(C([2H])([2H])[2H])(C([2H])([2H])[2H])C([2H])([2H])[2H])cc(C(C([2H])([2H])[2H])(C([2H])([2H])[2H])C([2H])([2H])[2H])c2O)nc2c(-c3[c-]c(-c4cc(-c5ccc(C)cc5)ccn4)cc(C(C)(C)C)c3)cccc21.[Pt]. The van der Waals surface area contributed by atoms with Gasteiger partial charge in [-0.1, -0.05) is 164 Å². The van der Waals surface area contributed by atoms with Crippen molar-refractivity contribution in [3.05, 3.63) is 167 Å². The molecule has 0 saturated carbocycles. The number of nitrogens with zero attached hydrogens (tertiary/aromatic N) is 3. The summed E-state index contributed by atoms with van der Waals surface area (Å²) in [6.45, 7) is -20.0. The van der Waals surface area contributed by atoms with Gasteiger partial charge in [-0.2, -0.15) is 0 Å². The summed E-state index contributed by atoms with van der Waals surface area (Å²) in [4.78, 5) is 9.74. The number of phenolic OH excluding ortho intramolecular Hbond substituents is 1. The quantitative estimate of drug-likeness (QED) is 0.169. The van der Waals surface area contributed by atoms with Gasteiger partial charge in [0.15, 0.2) is 0 Å². The second kappa shape index (κ2) is 16.4. The molecular weight excluding hydrogens is 926 g/mol. The summed E-state index contributed by atoms with van der Waals surface area (Å²) >= 11 is 0. The van der Waals surface area contributed by atoms with Gasteiger partial charge in [0.25, 0.3) is 0 Å². The van der Waals surface area contributed by atoms with E-state index >= 15 is 0 Å². The monoisotopic (exact) mass is 1000 g/mol. The van der Waals surface area contributed by atoms with Gasteiger partial charge < -0.3 is 5.11 Å². The van der Waals surface area contributed by atoms with Crippen molar-refractivity contribution in [1.82, 2.24) is 14.5 Å². The summed E-state index contributed by atoms with van der Waals surface area (Å²) < 4.78 is 185. The molecule has 0 aliphatic rings. The molecule has 4 nitrogen and oxygen atoms in total. The molecule has 8 rings (SSSR count). The first-order chi connectivity index (χ1) is 37.1. The van der Waals surface area contributed by atoms with E-state index in [2.05, 4.69) is 6.07 Å². The molecule has 0 aliphatic heterocycles. The Kier molecular flexibility index (Phi) is 6.48. The first-order valence-corrected chi connectivity index (χ1v) is 19.3. The maximum Gasteiger partial charge on any atom is 0.148 e. The van der Waals surface area contributed by atoms with Crippen molar-refractivity contribution < 1.29 is 55.0 Å². The number of rotatable bonds is 6. The van der Waals surface area contributed by atoms with Gasteiger partial charge >= 0.3 is 0 Å². The Balaban J connectivity index is 0.00000968. The molecule has 2 heterocycles. The van der Waals surface area contributed by atoms with Crippen LogP contribution >= 0.6 is 0 Å². The Morgan fingerprint density at radius 3 is 2.00 bits per heavy atom. The van der Waals surface area contributed by atoms with Gasteiger partial charge in [0, 0.05) is 67.3 Å². The number of aryl methyl sites for hydroxylation is 2. The number of hydrogen-bond acceptors (Lipinski definition) is 3. The first-order valence-electron chi connectivity index (χ1n) is 29.8. The summed E-state index contributed by atoms with van der Waals surface area (Å²) in [5.41, 5.74) is -6.91. The Hall–Kier alpha value is -5.57. The maximum atomic E-state index is 12.9. The summed E-state index contributed by atoms with van der Waals surface area (Å²) in [6.07, 6.45) is 1.66. The minimum atomic E-state index is -4.22. The number of imidazole rings is 1. The summed E-state index contributed by atoms with van der Waals surface area (Å²) in [5, 5.41) is 12.9. The van der Waals surface area contributed by atoms with Crippen LogP contribution < -0.4 is 0 Å². The normalized spacial score (nSPS) is 18.7. The molecule has 0 bridgehead atoms. The number of aromatic hydroxyl groups is 1. The molecule has 0 saturated heterocycles. The van der Waals surface area contributed by atoms with E-state index in [1.54, 1.807) is 54.7 Å². The number of benzene rings is 6. The fourth-order valence-electron chi connectivity index (χ4n) is 7.38. The van der Waals surface area contributed by atoms with E-state index in [0.717, 1.165) is 22.3 Å². The number of phenols is 1. The van der Waals surface area contributed by atoms with Gasteiger partial charge in [-0.25, -0.2) is 4.98 Å². The molecule has 0 unspecified atom stereocenters. The Bertz CT molecular complexity index is 3600. The second-order valence-electron chi connectivity index (χ2n) is 16.2. The summed E-state index contributed by atoms with van der Waals surface area (Å²) in [7, 11) is 0. The van der Waals surface area contributed by atoms with Crippen LogP contribution in [0.3, 0.4) is 0 Å². The van der Waals surface area contributed by atoms with E-state index in [0.29, 0.717) is 34.0 Å². The molecule has 0 radical (unpaired) electrons. The molecule has 0 aliphatic carbocycles. The molecule has 0 fully saturated rings. The molecule has 0 atom stereocenters. The third-order valence-corrected chi connectivity index (χ3v) is 10.7. The van der Waals surface area contributed by atoms with Gasteiger partial charge in [0.05, 0.1) is 22.3 Å². The molecule has 2 aromatic heterocycles. The maximum absolute atomic E-state index is 12.9. The number of pyridine rings is 1. The zero-order valence-corrected chi connectivity index (χ0v) is 36.1. The average molecular weight is 1000 g/mol. The molecule has 5 heteroatoms. The summed E-state index contributed by atoms with van der Waals surface area (Å²) in [5.74, 6) is -2.14. The zero-order chi connectivity index (χ0) is 60.2. The van der Waals surface area contributed by atoms with E-state index in [-0.39, 0.29) is 55.0 Å². The van der Waals surface area contributed by atoms with Crippen molar-refractivity contribution in [2.75, 3.05) is 0 Å². The van der Waals surface area contributed by atoms with E-state index in [1.165, 1.54) is 22.8 Å². The molecule has 312 valence electrons. The van der Waals surface area contributed by atoms with Crippen LogP contribution in [-0.4, -0.2) is 19.6 Å². The Morgan fingerprint density at radius 1 is 0.623 bits per heavy atom. The van der Waals surface area contributed by atoms with Gasteiger partial charge in [-0.05, 0) is 93.7 Å². The van der Waals surface area contributed by atoms with Gasteiger partial charge in [0.2, 0.25) is 0 Å². The molecule has 6 aromatic carbocycles. The van der Waals surface area contributed by atoms with Crippen LogP contribution in [0.15, 0.2) is 134 Å². The van der Waals surface area contributed by atoms with Crippen LogP contribution in [0.1, 0.15) is 118 Å². The minimum Gasteiger partial charge on any atom is -0.507 e. The van der Waals surface area contributed by atoms with Gasteiger partial charge in [-0.15, -0.1) is 29.3 Å². The molecule has 0 amide bonds. The largest absolute Gasteiger partial charge is 0.507 e. The van der Waals surface area contributed by atoms with Crippen molar-refractivity contribution in [2.45, 2.75) is 91.9 Å². The smallest absolute Gasteiger partial charge is 0.148 e. The second-order valence-corrected chi connectivity index (χ2v) is 16.2. The Morgan fingerprint density at radius 2 is 1.30 bits per heavy atom. The number of aromatic nitrogens is 3.